The number of hydrogen-bond acceptors (Lipinski definition) is 7. The normalized spacial score (nSPS) is 13.1. The lowest BCUT2D eigenvalue weighted by molar-refractivity contribution is -0.198. The van der Waals surface area contributed by atoms with Gasteiger partial charge in [-0.2, -0.15) is 22.5 Å². The third kappa shape index (κ3) is 6.40. The number of aliphatic carboxylic acids is 1. The molecule has 0 amide bonds. The van der Waals surface area contributed by atoms with E-state index in [1.54, 1.807) is 24.3 Å². The summed E-state index contributed by atoms with van der Waals surface area (Å²) in [5.74, 6) is -2.55. The highest BCUT2D eigenvalue weighted by molar-refractivity contribution is 5.73. The third-order valence-corrected chi connectivity index (χ3v) is 5.55. The predicted molar refractivity (Wildman–Crippen MR) is 130 cm³/mol. The minimum atomic E-state index is -4.80. The lowest BCUT2D eigenvalue weighted by Crippen LogP contribution is -2.32. The number of nitrogens with zero attached hydrogens (tertiary/aromatic N) is 3. The minimum absolute atomic E-state index is 0.0953. The average Bonchev–Trinajstić information content (AvgIpc) is 2.87. The van der Waals surface area contributed by atoms with Crippen LogP contribution in [0.4, 0.5) is 23.5 Å². The first kappa shape index (κ1) is 26.5. The summed E-state index contributed by atoms with van der Waals surface area (Å²) >= 11 is 0. The summed E-state index contributed by atoms with van der Waals surface area (Å²) in [7, 11) is 0. The van der Waals surface area contributed by atoms with Crippen molar-refractivity contribution in [1.29, 1.82) is 0 Å². The maximum Gasteiger partial charge on any atom is 0.429 e. The van der Waals surface area contributed by atoms with Crippen molar-refractivity contribution in [2.45, 2.75) is 24.7 Å². The van der Waals surface area contributed by atoms with Gasteiger partial charge in [-0.25, -0.2) is 9.97 Å². The van der Waals surface area contributed by atoms with Gasteiger partial charge < -0.3 is 21.3 Å². The zero-order valence-electron chi connectivity index (χ0n) is 19.6. The number of pyridine rings is 1. The summed E-state index contributed by atoms with van der Waals surface area (Å²) in [6, 6.07) is 14.6. The summed E-state index contributed by atoms with van der Waals surface area (Å²) in [6.07, 6.45) is -5.81. The molecule has 2 heterocycles. The molecule has 4 aromatic rings. The van der Waals surface area contributed by atoms with Crippen LogP contribution in [0.5, 0.6) is 5.88 Å². The predicted octanol–water partition coefficient (Wildman–Crippen LogP) is 4.56. The first-order chi connectivity index (χ1) is 18.0. The van der Waals surface area contributed by atoms with Gasteiger partial charge in [0, 0.05) is 29.5 Å². The van der Waals surface area contributed by atoms with Gasteiger partial charge in [0.1, 0.15) is 6.04 Å². The van der Waals surface area contributed by atoms with Gasteiger partial charge in [0.25, 0.3) is 0 Å². The number of nitrogens with two attached hydrogens (primary N) is 2. The molecule has 2 aromatic carbocycles. The van der Waals surface area contributed by atoms with E-state index < -0.39 is 36.1 Å². The molecule has 5 N–H and O–H groups in total. The molecule has 0 bridgehead atoms. The topological polar surface area (TPSA) is 137 Å². The largest absolute Gasteiger partial charge is 0.480 e. The fourth-order valence-corrected chi connectivity index (χ4v) is 3.68. The molecule has 2 atom stereocenters. The fourth-order valence-electron chi connectivity index (χ4n) is 3.68. The molecule has 2 unspecified atom stereocenters. The fraction of sp³-hybridized carbons (Fsp3) is 0.154. The van der Waals surface area contributed by atoms with Crippen molar-refractivity contribution >= 4 is 11.9 Å². The second kappa shape index (κ2) is 10.8. The molecule has 0 aliphatic rings. The maximum atomic E-state index is 14.0. The first-order valence-corrected chi connectivity index (χ1v) is 11.2. The molecular weight excluding hydrogens is 506 g/mol. The van der Waals surface area contributed by atoms with Gasteiger partial charge in [-0.15, -0.1) is 0 Å². The summed E-state index contributed by atoms with van der Waals surface area (Å²) in [4.78, 5) is 22.3. The number of aromatic nitrogens is 3. The lowest BCUT2D eigenvalue weighted by atomic mass is 10.0. The van der Waals surface area contributed by atoms with Gasteiger partial charge in [-0.05, 0) is 29.2 Å². The van der Waals surface area contributed by atoms with Crippen molar-refractivity contribution in [2.24, 2.45) is 5.73 Å². The Balaban J connectivity index is 1.58. The summed E-state index contributed by atoms with van der Waals surface area (Å²) < 4.78 is 60.6. The van der Waals surface area contributed by atoms with Crippen molar-refractivity contribution in [3.8, 4) is 28.3 Å². The first-order valence-electron chi connectivity index (χ1n) is 11.2. The molecule has 4 rings (SSSR count). The van der Waals surface area contributed by atoms with Crippen LogP contribution in [0.3, 0.4) is 0 Å². The number of ether oxygens (including phenoxy) is 1. The number of hydrogen-bond donors (Lipinski definition) is 3. The third-order valence-electron chi connectivity index (χ3n) is 5.55. The molecule has 12 heteroatoms. The van der Waals surface area contributed by atoms with Gasteiger partial charge in [-0.1, -0.05) is 48.5 Å². The van der Waals surface area contributed by atoms with Crippen molar-refractivity contribution in [1.82, 2.24) is 15.0 Å². The number of anilines is 1. The Bertz CT molecular complexity index is 1430. The van der Waals surface area contributed by atoms with Crippen LogP contribution in [-0.2, 0) is 11.2 Å². The van der Waals surface area contributed by atoms with Crippen LogP contribution in [-0.4, -0.2) is 38.2 Å². The van der Waals surface area contributed by atoms with Gasteiger partial charge in [0.05, 0.1) is 5.69 Å². The van der Waals surface area contributed by atoms with Gasteiger partial charge in [0.2, 0.25) is 23.9 Å². The quantitative estimate of drug-likeness (QED) is 0.224. The molecule has 0 fully saturated rings. The van der Waals surface area contributed by atoms with Crippen LogP contribution in [0, 0.1) is 5.95 Å². The van der Waals surface area contributed by atoms with Crippen LogP contribution in [0.25, 0.3) is 22.4 Å². The molecule has 0 radical (unpaired) electrons. The Morgan fingerprint density at radius 2 is 1.61 bits per heavy atom. The van der Waals surface area contributed by atoms with E-state index in [9.17, 15) is 22.4 Å². The van der Waals surface area contributed by atoms with Gasteiger partial charge >= 0.3 is 12.1 Å². The standard InChI is InChI=1S/C26H21F4N5O3/c27-21-12-18(9-10-33-21)15-5-7-17(8-6-15)23(26(28,29)30)38-22-13-20(34-25(32)35-22)16-3-1-14(2-4-16)11-19(31)24(36)37/h1-10,12-13,19,23H,11,31H2,(H,36,37)(H2,32,34,35). The number of nitrogen functional groups attached to an aromatic ring is 1. The number of carboxylic acid groups (broad SMARTS) is 1. The van der Waals surface area contributed by atoms with Crippen molar-refractivity contribution in [3.05, 3.63) is 90.0 Å². The number of halogens is 4. The van der Waals surface area contributed by atoms with Crippen LogP contribution < -0.4 is 16.2 Å². The smallest absolute Gasteiger partial charge is 0.429 e. The van der Waals surface area contributed by atoms with E-state index in [2.05, 4.69) is 15.0 Å². The van der Waals surface area contributed by atoms with Crippen LogP contribution in [0.1, 0.15) is 17.2 Å². The van der Waals surface area contributed by atoms with E-state index in [4.69, 9.17) is 21.3 Å². The number of benzene rings is 2. The second-order valence-corrected chi connectivity index (χ2v) is 8.32. The van der Waals surface area contributed by atoms with Gasteiger partial charge in [-0.3, -0.25) is 4.79 Å². The second-order valence-electron chi connectivity index (χ2n) is 8.32. The minimum Gasteiger partial charge on any atom is -0.480 e. The summed E-state index contributed by atoms with van der Waals surface area (Å²) in [5, 5.41) is 8.96. The van der Waals surface area contributed by atoms with Gasteiger partial charge in [0.15, 0.2) is 0 Å². The van der Waals surface area contributed by atoms with E-state index in [-0.39, 0.29) is 23.6 Å². The van der Waals surface area contributed by atoms with Crippen molar-refractivity contribution < 1.29 is 32.2 Å². The Labute approximate surface area is 213 Å². The SMILES string of the molecule is Nc1nc(OC(c2ccc(-c3ccnc(F)c3)cc2)C(F)(F)F)cc(-c2ccc(CC(N)C(=O)O)cc2)n1. The number of rotatable bonds is 8. The number of carbonyl (C=O) groups is 1. The van der Waals surface area contributed by atoms with Crippen LogP contribution in [0.2, 0.25) is 0 Å². The van der Waals surface area contributed by atoms with E-state index in [0.29, 0.717) is 22.3 Å². The Kier molecular flexibility index (Phi) is 7.53. The molecule has 8 nitrogen and oxygen atoms in total. The van der Waals surface area contributed by atoms with Crippen LogP contribution in [0.15, 0.2) is 72.9 Å². The van der Waals surface area contributed by atoms with Crippen molar-refractivity contribution in [3.63, 3.8) is 0 Å². The van der Waals surface area contributed by atoms with Crippen molar-refractivity contribution in [2.75, 3.05) is 5.73 Å². The molecule has 0 saturated heterocycles. The number of alkyl halides is 3. The summed E-state index contributed by atoms with van der Waals surface area (Å²) in [6.45, 7) is 0. The Hall–Kier alpha value is -4.58. The van der Waals surface area contributed by atoms with E-state index in [1.165, 1.54) is 48.7 Å². The zero-order valence-corrected chi connectivity index (χ0v) is 19.6. The average molecular weight is 527 g/mol. The van der Waals surface area contributed by atoms with E-state index in [0.717, 1.165) is 0 Å². The maximum absolute atomic E-state index is 14.0. The molecule has 0 aliphatic carbocycles. The molecule has 2 aromatic heterocycles. The highest BCUT2D eigenvalue weighted by atomic mass is 19.4. The molecule has 38 heavy (non-hydrogen) atoms. The molecule has 196 valence electrons. The monoisotopic (exact) mass is 527 g/mol. The molecule has 0 aliphatic heterocycles. The highest BCUT2D eigenvalue weighted by Gasteiger charge is 2.43. The molecule has 0 saturated carbocycles. The highest BCUT2D eigenvalue weighted by Crippen LogP contribution is 2.38. The van der Waals surface area contributed by atoms with E-state index in [1.807, 2.05) is 0 Å². The Morgan fingerprint density at radius 3 is 2.21 bits per heavy atom. The summed E-state index contributed by atoms with van der Waals surface area (Å²) in [5.41, 5.74) is 13.4. The zero-order chi connectivity index (χ0) is 27.4. The molecule has 0 spiro atoms. The lowest BCUT2D eigenvalue weighted by Gasteiger charge is -2.22. The van der Waals surface area contributed by atoms with Crippen LogP contribution >= 0.6 is 0 Å². The Morgan fingerprint density at radius 1 is 0.947 bits per heavy atom. The molecular formula is C26H21F4N5O3. The van der Waals surface area contributed by atoms with E-state index >= 15 is 0 Å². The number of carboxylic acids is 1.